The highest BCUT2D eigenvalue weighted by atomic mass is 16.1. The first kappa shape index (κ1) is 14.7. The summed E-state index contributed by atoms with van der Waals surface area (Å²) in [5.41, 5.74) is 5.20. The Bertz CT molecular complexity index is 387. The minimum atomic E-state index is -0.238. The number of rotatable bonds is 9. The van der Waals surface area contributed by atoms with Gasteiger partial charge in [-0.3, -0.25) is 4.57 Å². The van der Waals surface area contributed by atoms with Crippen LogP contribution in [0.1, 0.15) is 58.3 Å². The number of aryl methyl sites for hydroxylation is 1. The standard InChI is InChI=1S/C14H25N3O/c1-2-3-4-5-6-7-8-9-11-17-12-10-13(15)16-14(17)18/h10,12H,2-9,11H2,1H3,(H2,15,16,18). The summed E-state index contributed by atoms with van der Waals surface area (Å²) in [6.45, 7) is 2.99. The van der Waals surface area contributed by atoms with E-state index in [1.165, 1.54) is 44.9 Å². The Kier molecular flexibility index (Phi) is 7.14. The maximum atomic E-state index is 11.5. The predicted molar refractivity (Wildman–Crippen MR) is 75.5 cm³/mol. The largest absolute Gasteiger partial charge is 0.383 e. The molecule has 4 heteroatoms. The molecule has 0 aliphatic rings. The van der Waals surface area contributed by atoms with Gasteiger partial charge in [-0.1, -0.05) is 51.9 Å². The molecule has 0 radical (unpaired) electrons. The van der Waals surface area contributed by atoms with Gasteiger partial charge in [-0.05, 0) is 12.5 Å². The van der Waals surface area contributed by atoms with Crippen LogP contribution in [-0.4, -0.2) is 9.55 Å². The summed E-state index contributed by atoms with van der Waals surface area (Å²) in [7, 11) is 0. The highest BCUT2D eigenvalue weighted by Gasteiger charge is 1.97. The van der Waals surface area contributed by atoms with Crippen LogP contribution in [0.15, 0.2) is 17.1 Å². The van der Waals surface area contributed by atoms with Gasteiger partial charge in [0.2, 0.25) is 0 Å². The van der Waals surface area contributed by atoms with Crippen LogP contribution >= 0.6 is 0 Å². The lowest BCUT2D eigenvalue weighted by Crippen LogP contribution is -2.23. The molecule has 102 valence electrons. The second-order valence-corrected chi connectivity index (χ2v) is 4.80. The van der Waals surface area contributed by atoms with Crippen LogP contribution in [0.3, 0.4) is 0 Å². The molecule has 0 saturated heterocycles. The molecule has 1 rings (SSSR count). The number of nitrogens with zero attached hydrogens (tertiary/aromatic N) is 2. The van der Waals surface area contributed by atoms with Crippen molar-refractivity contribution < 1.29 is 0 Å². The highest BCUT2D eigenvalue weighted by molar-refractivity contribution is 5.23. The van der Waals surface area contributed by atoms with E-state index in [0.29, 0.717) is 5.82 Å². The second-order valence-electron chi connectivity index (χ2n) is 4.80. The fourth-order valence-corrected chi connectivity index (χ4v) is 2.03. The predicted octanol–water partition coefficient (Wildman–Crippen LogP) is 2.97. The summed E-state index contributed by atoms with van der Waals surface area (Å²) in [5.74, 6) is 0.298. The average Bonchev–Trinajstić information content (AvgIpc) is 2.35. The maximum Gasteiger partial charge on any atom is 0.349 e. The van der Waals surface area contributed by atoms with E-state index in [4.69, 9.17) is 5.73 Å². The highest BCUT2D eigenvalue weighted by Crippen LogP contribution is 2.08. The van der Waals surface area contributed by atoms with Gasteiger partial charge in [0.25, 0.3) is 0 Å². The second kappa shape index (κ2) is 8.72. The Morgan fingerprint density at radius 2 is 1.72 bits per heavy atom. The average molecular weight is 251 g/mol. The topological polar surface area (TPSA) is 60.9 Å². The van der Waals surface area contributed by atoms with Gasteiger partial charge < -0.3 is 5.73 Å². The Morgan fingerprint density at radius 3 is 2.33 bits per heavy atom. The van der Waals surface area contributed by atoms with Crippen LogP contribution in [0.4, 0.5) is 5.82 Å². The monoisotopic (exact) mass is 251 g/mol. The molecule has 0 aromatic carbocycles. The zero-order chi connectivity index (χ0) is 13.2. The van der Waals surface area contributed by atoms with Crippen molar-refractivity contribution in [2.45, 2.75) is 64.8 Å². The number of nitrogen functional groups attached to an aromatic ring is 1. The molecule has 2 N–H and O–H groups in total. The summed E-state index contributed by atoms with van der Waals surface area (Å²) in [6.07, 6.45) is 11.9. The molecule has 1 aromatic heterocycles. The van der Waals surface area contributed by atoms with E-state index < -0.39 is 0 Å². The normalized spacial score (nSPS) is 10.7. The maximum absolute atomic E-state index is 11.5. The molecule has 0 spiro atoms. The minimum absolute atomic E-state index is 0.238. The smallest absolute Gasteiger partial charge is 0.349 e. The van der Waals surface area contributed by atoms with Crippen molar-refractivity contribution in [1.29, 1.82) is 0 Å². The summed E-state index contributed by atoms with van der Waals surface area (Å²) in [4.78, 5) is 15.2. The van der Waals surface area contributed by atoms with Crippen LogP contribution < -0.4 is 11.4 Å². The van der Waals surface area contributed by atoms with Crippen LogP contribution in [0.5, 0.6) is 0 Å². The van der Waals surface area contributed by atoms with Crippen LogP contribution in [0.2, 0.25) is 0 Å². The van der Waals surface area contributed by atoms with Gasteiger partial charge >= 0.3 is 5.69 Å². The minimum Gasteiger partial charge on any atom is -0.383 e. The molecule has 0 bridgehead atoms. The number of anilines is 1. The van der Waals surface area contributed by atoms with Crippen molar-refractivity contribution in [3.63, 3.8) is 0 Å². The van der Waals surface area contributed by atoms with E-state index in [-0.39, 0.29) is 5.69 Å². The van der Waals surface area contributed by atoms with E-state index >= 15 is 0 Å². The lowest BCUT2D eigenvalue weighted by molar-refractivity contribution is 0.533. The molecular formula is C14H25N3O. The van der Waals surface area contributed by atoms with Gasteiger partial charge in [0.1, 0.15) is 5.82 Å². The summed E-state index contributed by atoms with van der Waals surface area (Å²) in [6, 6.07) is 1.67. The molecule has 18 heavy (non-hydrogen) atoms. The van der Waals surface area contributed by atoms with Crippen molar-refractivity contribution in [2.75, 3.05) is 5.73 Å². The quantitative estimate of drug-likeness (QED) is 0.686. The van der Waals surface area contributed by atoms with Crippen molar-refractivity contribution >= 4 is 5.82 Å². The number of hydrogen-bond acceptors (Lipinski definition) is 3. The third-order valence-corrected chi connectivity index (χ3v) is 3.15. The number of aromatic nitrogens is 2. The van der Waals surface area contributed by atoms with Crippen LogP contribution in [0, 0.1) is 0 Å². The molecule has 0 amide bonds. The Balaban J connectivity index is 2.09. The number of unbranched alkanes of at least 4 members (excludes halogenated alkanes) is 7. The van der Waals surface area contributed by atoms with E-state index in [1.54, 1.807) is 16.8 Å². The van der Waals surface area contributed by atoms with Crippen molar-refractivity contribution in [2.24, 2.45) is 0 Å². The Morgan fingerprint density at radius 1 is 1.11 bits per heavy atom. The van der Waals surface area contributed by atoms with Gasteiger partial charge in [-0.15, -0.1) is 0 Å². The third kappa shape index (κ3) is 5.84. The molecule has 0 fully saturated rings. The van der Waals surface area contributed by atoms with E-state index in [2.05, 4.69) is 11.9 Å². The van der Waals surface area contributed by atoms with Gasteiger partial charge in [0.05, 0.1) is 0 Å². The number of hydrogen-bond donors (Lipinski definition) is 1. The van der Waals surface area contributed by atoms with Crippen LogP contribution in [0.25, 0.3) is 0 Å². The molecule has 0 unspecified atom stereocenters. The fourth-order valence-electron chi connectivity index (χ4n) is 2.03. The summed E-state index contributed by atoms with van der Waals surface area (Å²) < 4.78 is 1.63. The van der Waals surface area contributed by atoms with Crippen molar-refractivity contribution in [3.05, 3.63) is 22.7 Å². The molecule has 4 nitrogen and oxygen atoms in total. The third-order valence-electron chi connectivity index (χ3n) is 3.15. The molecule has 0 aliphatic heterocycles. The molecular weight excluding hydrogens is 226 g/mol. The fraction of sp³-hybridized carbons (Fsp3) is 0.714. The van der Waals surface area contributed by atoms with Crippen LogP contribution in [-0.2, 0) is 6.54 Å². The zero-order valence-electron chi connectivity index (χ0n) is 11.4. The summed E-state index contributed by atoms with van der Waals surface area (Å²) in [5, 5.41) is 0. The number of nitrogens with two attached hydrogens (primary N) is 1. The van der Waals surface area contributed by atoms with Gasteiger partial charge in [0.15, 0.2) is 0 Å². The Hall–Kier alpha value is -1.32. The molecule has 1 heterocycles. The lowest BCUT2D eigenvalue weighted by atomic mass is 10.1. The van der Waals surface area contributed by atoms with Crippen molar-refractivity contribution in [1.82, 2.24) is 9.55 Å². The van der Waals surface area contributed by atoms with Gasteiger partial charge in [-0.2, -0.15) is 4.98 Å². The first-order valence-electron chi connectivity index (χ1n) is 7.07. The van der Waals surface area contributed by atoms with E-state index in [0.717, 1.165) is 13.0 Å². The molecule has 0 atom stereocenters. The SMILES string of the molecule is CCCCCCCCCCn1ccc(N)nc1=O. The summed E-state index contributed by atoms with van der Waals surface area (Å²) >= 11 is 0. The van der Waals surface area contributed by atoms with Gasteiger partial charge in [0, 0.05) is 12.7 Å². The Labute approximate surface area is 109 Å². The van der Waals surface area contributed by atoms with E-state index in [9.17, 15) is 4.79 Å². The molecule has 1 aromatic rings. The first-order chi connectivity index (χ1) is 8.74. The van der Waals surface area contributed by atoms with E-state index in [1.807, 2.05) is 0 Å². The first-order valence-corrected chi connectivity index (χ1v) is 7.07. The van der Waals surface area contributed by atoms with Crippen molar-refractivity contribution in [3.8, 4) is 0 Å². The molecule has 0 saturated carbocycles. The lowest BCUT2D eigenvalue weighted by Gasteiger charge is -2.05. The van der Waals surface area contributed by atoms with Gasteiger partial charge in [-0.25, -0.2) is 4.79 Å². The molecule has 0 aliphatic carbocycles. The zero-order valence-corrected chi connectivity index (χ0v) is 11.4.